The number of benzene rings is 18. The van der Waals surface area contributed by atoms with E-state index in [2.05, 4.69) is 437 Å². The first-order valence-corrected chi connectivity index (χ1v) is 48.4. The van der Waals surface area contributed by atoms with Gasteiger partial charge >= 0.3 is 0 Å². The minimum atomic E-state index is -0.488. The number of nitrogens with zero attached hydrogens (tertiary/aromatic N) is 6. The van der Waals surface area contributed by atoms with Crippen molar-refractivity contribution in [2.24, 2.45) is 11.8 Å². The first-order chi connectivity index (χ1) is 69.4. The van der Waals surface area contributed by atoms with Gasteiger partial charge in [0.15, 0.2) is 0 Å². The van der Waals surface area contributed by atoms with Gasteiger partial charge in [0.05, 0.1) is 55.3 Å². The second-order valence-corrected chi connectivity index (χ2v) is 38.0. The largest absolute Gasteiger partial charge is 0.254 e. The third-order valence-electron chi connectivity index (χ3n) is 31.0. The lowest BCUT2D eigenvalue weighted by molar-refractivity contribution is 0.568. The molecular formula is C134H82N6. The van der Waals surface area contributed by atoms with Crippen LogP contribution >= 0.6 is 0 Å². The van der Waals surface area contributed by atoms with Gasteiger partial charge in [-0.3, -0.25) is 19.9 Å². The lowest BCUT2D eigenvalue weighted by Crippen LogP contribution is -2.29. The number of rotatable bonds is 10. The van der Waals surface area contributed by atoms with E-state index in [9.17, 15) is 0 Å². The van der Waals surface area contributed by atoms with E-state index in [1.165, 1.54) is 160 Å². The van der Waals surface area contributed by atoms with Gasteiger partial charge < -0.3 is 0 Å². The number of para-hydroxylation sites is 2. The molecule has 0 fully saturated rings. The molecule has 18 aromatic carbocycles. The number of allylic oxidation sites excluding steroid dienone is 14. The molecule has 2 atom stereocenters. The highest BCUT2D eigenvalue weighted by molar-refractivity contribution is 6.27. The van der Waals surface area contributed by atoms with Crippen LogP contribution in [-0.4, -0.2) is 29.9 Å². The Morgan fingerprint density at radius 1 is 0.207 bits per heavy atom. The minimum Gasteiger partial charge on any atom is -0.254 e. The fourth-order valence-corrected chi connectivity index (χ4v) is 24.9. The molecule has 6 nitrogen and oxygen atoms in total. The van der Waals surface area contributed by atoms with Gasteiger partial charge in [0.25, 0.3) is 0 Å². The molecule has 6 aromatic heterocycles. The zero-order chi connectivity index (χ0) is 91.8. The van der Waals surface area contributed by atoms with E-state index in [1.54, 1.807) is 0 Å². The summed E-state index contributed by atoms with van der Waals surface area (Å²) in [6.45, 7) is 0. The van der Waals surface area contributed by atoms with Crippen LogP contribution in [0.3, 0.4) is 0 Å². The van der Waals surface area contributed by atoms with Gasteiger partial charge in [0, 0.05) is 90.8 Å². The molecule has 0 saturated carbocycles. The Balaban J connectivity index is 0.000000134. The maximum Gasteiger partial charge on any atom is 0.0970 e. The second kappa shape index (κ2) is 31.2. The van der Waals surface area contributed by atoms with E-state index >= 15 is 0 Å². The van der Waals surface area contributed by atoms with Crippen LogP contribution in [0, 0.1) is 11.8 Å². The van der Waals surface area contributed by atoms with Crippen LogP contribution in [0.2, 0.25) is 0 Å². The van der Waals surface area contributed by atoms with Crippen molar-refractivity contribution in [1.29, 1.82) is 0 Å². The summed E-state index contributed by atoms with van der Waals surface area (Å²) >= 11 is 0. The van der Waals surface area contributed by atoms with Crippen LogP contribution < -0.4 is 0 Å². The molecule has 30 rings (SSSR count). The Morgan fingerprint density at radius 2 is 0.600 bits per heavy atom. The summed E-state index contributed by atoms with van der Waals surface area (Å²) < 4.78 is 0. The molecule has 0 amide bonds. The topological polar surface area (TPSA) is 77.3 Å². The SMILES string of the molecule is C1=CC2=CC=C(c3cc4cccnc4c4ncccc34)C3=CC=C4C=C(c5ccc(-c6nc7ccccc7c7cc8c(cc67)-c6ccccc6C8(c6ccccc6)c6ccccc6)cc5)C=C1C4C23.c1ccc(C2(c3ccccc3)c3ccccc3-c3cc4c(-c5ccc(-c6ccc7c8ccc(-c9cc%10cccnc%10c%10ncccc9%10)cc8c8ccccc8c7c6)cc5)nc5ccccc5c4cc32)cc1. The summed E-state index contributed by atoms with van der Waals surface area (Å²) in [6, 6.07) is 152. The zero-order valence-corrected chi connectivity index (χ0v) is 76.0. The highest BCUT2D eigenvalue weighted by Crippen LogP contribution is 2.62. The monoisotopic (exact) mass is 1770 g/mol. The van der Waals surface area contributed by atoms with E-state index in [1.807, 2.05) is 49.1 Å². The smallest absolute Gasteiger partial charge is 0.0970 e. The lowest BCUT2D eigenvalue weighted by Gasteiger charge is -2.42. The molecule has 2 unspecified atom stereocenters. The standard InChI is InChI=1S/C68H41N3.C66H41N3/c1-3-16-47(17-4-1)68(48-18-5-2-6-19-48)62-25-11-9-22-53(62)60-40-61-59(41-63(60)68)54-23-10-12-26-64(54)71-65(61)43-29-27-42(28-30-43)44-31-33-51-52-34-32-45(38-58(52)50-21-8-7-20-49(50)57(51)37-44)56-39-46-15-13-35-69-66(46)67-55(56)24-14-36-70-67;1-3-14-47(15-4-1)66(48-16-5-2-6-17-48)58-21-9-7-18-50(58)56-38-57-55(39-59(56)66)51-19-8-10-22-60(51)69-63(57)42-26-23-40(24-27-42)46-35-43-28-25-41-29-31-49(52-32-30-44(36-46)61(43)62(41)52)54-37-45-13-11-33-67-64(45)65-53(54)20-12-34-68-65/h1-41H;1-39,61-62H. The average molecular weight is 1780 g/mol. The first-order valence-electron chi connectivity index (χ1n) is 48.4. The Labute approximate surface area is 808 Å². The maximum atomic E-state index is 5.46. The van der Waals surface area contributed by atoms with Gasteiger partial charge in [0.1, 0.15) is 0 Å². The van der Waals surface area contributed by atoms with Gasteiger partial charge in [-0.15, -0.1) is 0 Å². The summed E-state index contributed by atoms with van der Waals surface area (Å²) in [4.78, 5) is 30.0. The number of pyridine rings is 6. The highest BCUT2D eigenvalue weighted by Gasteiger charge is 2.49. The molecule has 24 aromatic rings. The molecule has 0 N–H and O–H groups in total. The molecule has 6 heterocycles. The Kier molecular flexibility index (Phi) is 17.7. The summed E-state index contributed by atoms with van der Waals surface area (Å²) in [5.74, 6) is 0.492. The summed E-state index contributed by atoms with van der Waals surface area (Å²) in [5, 5.41) is 18.9. The Morgan fingerprint density at radius 3 is 1.13 bits per heavy atom. The van der Waals surface area contributed by atoms with E-state index in [-0.39, 0.29) is 11.8 Å². The van der Waals surface area contributed by atoms with Gasteiger partial charge in [-0.25, -0.2) is 9.97 Å². The summed E-state index contributed by atoms with van der Waals surface area (Å²) in [7, 11) is 0. The van der Waals surface area contributed by atoms with Crippen LogP contribution in [0.15, 0.2) is 508 Å². The third-order valence-corrected chi connectivity index (χ3v) is 31.0. The number of aromatic nitrogens is 6. The van der Waals surface area contributed by atoms with E-state index in [4.69, 9.17) is 29.9 Å². The van der Waals surface area contributed by atoms with Crippen molar-refractivity contribution >= 4 is 130 Å². The van der Waals surface area contributed by atoms with Crippen LogP contribution in [0.5, 0.6) is 0 Å². The molecule has 0 saturated heterocycles. The number of hydrogen-bond donors (Lipinski definition) is 0. The molecule has 0 bridgehead atoms. The van der Waals surface area contributed by atoms with Crippen LogP contribution in [-0.2, 0) is 10.8 Å². The summed E-state index contributed by atoms with van der Waals surface area (Å²) in [5.41, 5.74) is 39.2. The lowest BCUT2D eigenvalue weighted by atomic mass is 9.61. The predicted octanol–water partition coefficient (Wildman–Crippen LogP) is 32.8. The second-order valence-electron chi connectivity index (χ2n) is 38.0. The van der Waals surface area contributed by atoms with Crippen LogP contribution in [0.1, 0.15) is 55.6 Å². The normalized spacial score (nSPS) is 15.5. The molecule has 648 valence electrons. The molecule has 0 radical (unpaired) electrons. The molecule has 0 spiro atoms. The maximum absolute atomic E-state index is 5.46. The van der Waals surface area contributed by atoms with Crippen molar-refractivity contribution in [2.75, 3.05) is 0 Å². The fourth-order valence-electron chi connectivity index (χ4n) is 24.9. The van der Waals surface area contributed by atoms with Gasteiger partial charge in [-0.2, -0.15) is 0 Å². The number of hydrogen-bond acceptors (Lipinski definition) is 6. The molecular weight excluding hydrogens is 1690 g/mol. The van der Waals surface area contributed by atoms with Crippen LogP contribution in [0.4, 0.5) is 0 Å². The van der Waals surface area contributed by atoms with Crippen molar-refractivity contribution in [2.45, 2.75) is 10.8 Å². The highest BCUT2D eigenvalue weighted by atomic mass is 14.8. The van der Waals surface area contributed by atoms with Crippen molar-refractivity contribution in [3.63, 3.8) is 0 Å². The van der Waals surface area contributed by atoms with E-state index < -0.39 is 10.8 Å². The van der Waals surface area contributed by atoms with Crippen molar-refractivity contribution < 1.29 is 0 Å². The van der Waals surface area contributed by atoms with Gasteiger partial charge in [-0.05, 0) is 262 Å². The van der Waals surface area contributed by atoms with E-state index in [0.29, 0.717) is 0 Å². The Bertz CT molecular complexity index is 9630. The van der Waals surface area contributed by atoms with Crippen molar-refractivity contribution in [3.05, 3.63) is 564 Å². The van der Waals surface area contributed by atoms with Crippen molar-refractivity contribution in [1.82, 2.24) is 29.9 Å². The van der Waals surface area contributed by atoms with Crippen molar-refractivity contribution in [3.8, 4) is 67.0 Å². The number of fused-ring (bicyclic) bond motifs is 24. The van der Waals surface area contributed by atoms with Crippen LogP contribution in [0.25, 0.3) is 197 Å². The van der Waals surface area contributed by atoms with Gasteiger partial charge in [-0.1, -0.05) is 376 Å². The Hall–Kier alpha value is -18.1. The first kappa shape index (κ1) is 79.3. The molecule has 6 heteroatoms. The molecule has 140 heavy (non-hydrogen) atoms. The van der Waals surface area contributed by atoms with Gasteiger partial charge in [0.2, 0.25) is 0 Å². The molecule has 6 aliphatic carbocycles. The minimum absolute atomic E-state index is 0.240. The molecule has 0 aliphatic heterocycles. The third kappa shape index (κ3) is 11.9. The van der Waals surface area contributed by atoms with E-state index in [0.717, 1.165) is 115 Å². The molecule has 6 aliphatic rings. The quantitative estimate of drug-likeness (QED) is 0.127. The summed E-state index contributed by atoms with van der Waals surface area (Å²) in [6.07, 6.45) is 26.3. The fraction of sp³-hybridized carbons (Fsp3) is 0.0299. The average Bonchev–Trinajstić information content (AvgIpc) is 1.32. The zero-order valence-electron chi connectivity index (χ0n) is 76.0. The predicted molar refractivity (Wildman–Crippen MR) is 579 cm³/mol.